The number of imide groups is 1. The molecular weight excluding hydrogens is 668 g/mol. The minimum Gasteiger partial charge on any atom is -0.444 e. The quantitative estimate of drug-likeness (QED) is 0.205. The lowest BCUT2D eigenvalue weighted by Crippen LogP contribution is -2.44. The molecule has 0 saturated carbocycles. The van der Waals surface area contributed by atoms with Gasteiger partial charge in [-0.2, -0.15) is 4.90 Å². The summed E-state index contributed by atoms with van der Waals surface area (Å²) in [5.74, 6) is 0.164. The van der Waals surface area contributed by atoms with Crippen molar-refractivity contribution in [2.24, 2.45) is 0 Å². The van der Waals surface area contributed by atoms with E-state index in [2.05, 4.69) is 30.9 Å². The average molecular weight is 712 g/mol. The first kappa shape index (κ1) is 35.6. The molecule has 0 atom stereocenters. The van der Waals surface area contributed by atoms with E-state index in [1.165, 1.54) is 6.20 Å². The van der Waals surface area contributed by atoms with Gasteiger partial charge in [0.25, 0.3) is 0 Å². The highest BCUT2D eigenvalue weighted by molar-refractivity contribution is 9.08. The standard InChI is InChI=1S/C34H43BrN6O6/c1-32(2,3)45-29(42)40-16-14-23(15-17-40)24-20-37-28(41(30(43)46-33(4,5)6)31(44)47-34(7,8)9)26(38-24)27-36-19-25(39-27)22-12-10-21(18-35)11-13-22/h10-14,19-20H,15-18H2,1-9H3,(H,36,39). The third-order valence-electron chi connectivity index (χ3n) is 6.53. The maximum absolute atomic E-state index is 13.6. The summed E-state index contributed by atoms with van der Waals surface area (Å²) >= 11 is 3.47. The molecule has 47 heavy (non-hydrogen) atoms. The number of benzene rings is 1. The molecule has 3 aromatic rings. The van der Waals surface area contributed by atoms with Gasteiger partial charge in [-0.05, 0) is 85.4 Å². The number of anilines is 1. The van der Waals surface area contributed by atoms with Crippen molar-refractivity contribution in [2.75, 3.05) is 18.0 Å². The summed E-state index contributed by atoms with van der Waals surface area (Å²) in [6, 6.07) is 7.93. The second-order valence-electron chi connectivity index (χ2n) is 14.1. The molecule has 0 unspecified atom stereocenters. The highest BCUT2D eigenvalue weighted by Crippen LogP contribution is 2.32. The molecule has 1 aromatic carbocycles. The molecule has 0 spiro atoms. The number of amides is 3. The Morgan fingerprint density at radius 2 is 1.47 bits per heavy atom. The molecule has 3 heterocycles. The van der Waals surface area contributed by atoms with E-state index in [1.807, 2.05) is 51.1 Å². The molecule has 13 heteroatoms. The predicted molar refractivity (Wildman–Crippen MR) is 183 cm³/mol. The number of carbonyl (C=O) groups excluding carboxylic acids is 3. The van der Waals surface area contributed by atoms with Crippen LogP contribution in [0.4, 0.5) is 20.2 Å². The smallest absolute Gasteiger partial charge is 0.425 e. The summed E-state index contributed by atoms with van der Waals surface area (Å²) < 4.78 is 16.8. The number of hydrogen-bond acceptors (Lipinski definition) is 9. The predicted octanol–water partition coefficient (Wildman–Crippen LogP) is 8.13. The lowest BCUT2D eigenvalue weighted by Gasteiger charge is -2.30. The van der Waals surface area contributed by atoms with Crippen molar-refractivity contribution in [1.29, 1.82) is 0 Å². The topological polar surface area (TPSA) is 140 Å². The van der Waals surface area contributed by atoms with Crippen LogP contribution in [0.25, 0.3) is 28.3 Å². The first-order chi connectivity index (χ1) is 21.8. The van der Waals surface area contributed by atoms with E-state index in [0.29, 0.717) is 30.9 Å². The Morgan fingerprint density at radius 1 is 0.872 bits per heavy atom. The summed E-state index contributed by atoms with van der Waals surface area (Å²) in [6.45, 7) is 16.4. The average Bonchev–Trinajstić information content (AvgIpc) is 3.45. The zero-order chi connectivity index (χ0) is 34.7. The molecule has 0 radical (unpaired) electrons. The van der Waals surface area contributed by atoms with Gasteiger partial charge in [0.2, 0.25) is 0 Å². The van der Waals surface area contributed by atoms with Crippen LogP contribution in [0.1, 0.15) is 80.0 Å². The molecule has 1 aliphatic rings. The zero-order valence-corrected chi connectivity index (χ0v) is 30.0. The van der Waals surface area contributed by atoms with E-state index in [0.717, 1.165) is 26.9 Å². The molecular formula is C34H43BrN6O6. The molecule has 0 fully saturated rings. The molecule has 1 N–H and O–H groups in total. The summed E-state index contributed by atoms with van der Waals surface area (Å²) in [5.41, 5.74) is 1.72. The summed E-state index contributed by atoms with van der Waals surface area (Å²) in [6.07, 6.45) is 3.16. The number of alkyl halides is 1. The van der Waals surface area contributed by atoms with Crippen molar-refractivity contribution >= 4 is 45.6 Å². The SMILES string of the molecule is CC(C)(C)OC(=O)N1CC=C(c2cnc(N(C(=O)OC(C)(C)C)C(=O)OC(C)(C)C)c(-c3ncc(-c4ccc(CBr)cc4)[nH]3)n2)CC1. The Balaban J connectivity index is 1.80. The fourth-order valence-corrected chi connectivity index (χ4v) is 4.85. The normalized spacial score (nSPS) is 13.9. The van der Waals surface area contributed by atoms with Crippen LogP contribution in [0.3, 0.4) is 0 Å². The number of ether oxygens (including phenoxy) is 3. The van der Waals surface area contributed by atoms with Crippen LogP contribution in [-0.2, 0) is 19.5 Å². The van der Waals surface area contributed by atoms with Gasteiger partial charge in [-0.15, -0.1) is 0 Å². The highest BCUT2D eigenvalue weighted by atomic mass is 79.9. The van der Waals surface area contributed by atoms with Crippen molar-refractivity contribution in [1.82, 2.24) is 24.8 Å². The maximum atomic E-state index is 13.6. The van der Waals surface area contributed by atoms with Crippen molar-refractivity contribution < 1.29 is 28.6 Å². The van der Waals surface area contributed by atoms with E-state index in [-0.39, 0.29) is 17.3 Å². The number of aromatic nitrogens is 4. The van der Waals surface area contributed by atoms with Crippen LogP contribution in [0.2, 0.25) is 0 Å². The van der Waals surface area contributed by atoms with Gasteiger partial charge in [0.05, 0.1) is 23.8 Å². The lowest BCUT2D eigenvalue weighted by molar-refractivity contribution is 0.0269. The van der Waals surface area contributed by atoms with Crippen LogP contribution in [-0.4, -0.2) is 73.0 Å². The minimum atomic E-state index is -0.975. The monoisotopic (exact) mass is 710 g/mol. The largest absolute Gasteiger partial charge is 0.444 e. The molecule has 4 rings (SSSR count). The highest BCUT2D eigenvalue weighted by Gasteiger charge is 2.37. The van der Waals surface area contributed by atoms with E-state index in [4.69, 9.17) is 19.2 Å². The van der Waals surface area contributed by atoms with Gasteiger partial charge < -0.3 is 24.1 Å². The molecule has 0 aliphatic carbocycles. The Labute approximate surface area is 284 Å². The van der Waals surface area contributed by atoms with Gasteiger partial charge in [-0.1, -0.05) is 46.3 Å². The van der Waals surface area contributed by atoms with Gasteiger partial charge in [-0.25, -0.2) is 29.3 Å². The van der Waals surface area contributed by atoms with Crippen molar-refractivity contribution in [3.05, 3.63) is 54.0 Å². The van der Waals surface area contributed by atoms with Crippen molar-refractivity contribution in [2.45, 2.75) is 90.9 Å². The number of H-pyrrole nitrogens is 1. The van der Waals surface area contributed by atoms with Crippen molar-refractivity contribution in [3.63, 3.8) is 0 Å². The van der Waals surface area contributed by atoms with Gasteiger partial charge in [0.1, 0.15) is 22.5 Å². The Hall–Kier alpha value is -4.26. The minimum absolute atomic E-state index is 0.112. The van der Waals surface area contributed by atoms with E-state index in [1.54, 1.807) is 52.6 Å². The number of imidazole rings is 1. The summed E-state index contributed by atoms with van der Waals surface area (Å²) in [7, 11) is 0. The molecule has 252 valence electrons. The number of rotatable bonds is 5. The lowest BCUT2D eigenvalue weighted by atomic mass is 10.1. The van der Waals surface area contributed by atoms with E-state index >= 15 is 0 Å². The van der Waals surface area contributed by atoms with Crippen LogP contribution in [0, 0.1) is 0 Å². The van der Waals surface area contributed by atoms with Crippen LogP contribution in [0.15, 0.2) is 42.7 Å². The molecule has 0 bridgehead atoms. The number of aromatic amines is 1. The van der Waals surface area contributed by atoms with E-state index in [9.17, 15) is 14.4 Å². The second kappa shape index (κ2) is 13.8. The third kappa shape index (κ3) is 9.63. The van der Waals surface area contributed by atoms with Gasteiger partial charge in [0, 0.05) is 18.4 Å². The number of halogens is 1. The molecule has 3 amide bonds. The molecule has 0 saturated heterocycles. The van der Waals surface area contributed by atoms with Crippen LogP contribution < -0.4 is 4.90 Å². The fraction of sp³-hybridized carbons (Fsp3) is 0.471. The molecule has 2 aromatic heterocycles. The van der Waals surface area contributed by atoms with Crippen LogP contribution >= 0.6 is 15.9 Å². The van der Waals surface area contributed by atoms with Gasteiger partial charge in [0.15, 0.2) is 11.6 Å². The Bertz CT molecular complexity index is 1620. The van der Waals surface area contributed by atoms with Crippen LogP contribution in [0.5, 0.6) is 0 Å². The molecule has 12 nitrogen and oxygen atoms in total. The number of nitrogens with zero attached hydrogens (tertiary/aromatic N) is 5. The Morgan fingerprint density at radius 3 is 1.98 bits per heavy atom. The zero-order valence-electron chi connectivity index (χ0n) is 28.4. The Kier molecular flexibility index (Phi) is 10.5. The summed E-state index contributed by atoms with van der Waals surface area (Å²) in [5, 5.41) is 0.726. The maximum Gasteiger partial charge on any atom is 0.425 e. The number of hydrogen-bond donors (Lipinski definition) is 1. The summed E-state index contributed by atoms with van der Waals surface area (Å²) in [4.78, 5) is 59.5. The molecule has 1 aliphatic heterocycles. The van der Waals surface area contributed by atoms with E-state index < -0.39 is 35.1 Å². The van der Waals surface area contributed by atoms with Gasteiger partial charge in [-0.3, -0.25) is 0 Å². The number of nitrogens with one attached hydrogen (secondary N) is 1. The first-order valence-corrected chi connectivity index (χ1v) is 16.5. The number of carbonyl (C=O) groups is 3. The van der Waals surface area contributed by atoms with Crippen molar-refractivity contribution in [3.8, 4) is 22.8 Å². The van der Waals surface area contributed by atoms with Gasteiger partial charge >= 0.3 is 18.3 Å². The second-order valence-corrected chi connectivity index (χ2v) is 14.7. The fourth-order valence-electron chi connectivity index (χ4n) is 4.48. The third-order valence-corrected chi connectivity index (χ3v) is 7.17. The first-order valence-electron chi connectivity index (χ1n) is 15.3.